The van der Waals surface area contributed by atoms with Gasteiger partial charge in [0.25, 0.3) is 0 Å². The first-order valence-corrected chi connectivity index (χ1v) is 7.25. The van der Waals surface area contributed by atoms with E-state index in [4.69, 9.17) is 9.47 Å². The van der Waals surface area contributed by atoms with Crippen LogP contribution in [0.5, 0.6) is 11.5 Å². The molecule has 1 aliphatic carbocycles. The molecule has 21 heavy (non-hydrogen) atoms. The Morgan fingerprint density at radius 2 is 2.00 bits per heavy atom. The summed E-state index contributed by atoms with van der Waals surface area (Å²) in [6, 6.07) is 6.31. The number of fused-ring (bicyclic) bond motifs is 1. The zero-order chi connectivity index (χ0) is 15.0. The van der Waals surface area contributed by atoms with Crippen LogP contribution in [0.2, 0.25) is 0 Å². The number of hydrogen-bond acceptors (Lipinski definition) is 4. The number of hydrogen-bond donors (Lipinski definition) is 0. The number of likely N-dealkylation sites (N-methyl/N-ethyl adjacent to an activating group) is 1. The standard InChI is InChI=1S/C17H21NO3/c1-18-9-8-17(7-6-13(19)11-16(17)18)12-4-5-14(20-2)15(10-12)21-3/h4-7,10,16H,8-9,11H2,1-3H3/t16-,17+/m0/s1. The second kappa shape index (κ2) is 5.19. The lowest BCUT2D eigenvalue weighted by molar-refractivity contribution is -0.116. The van der Waals surface area contributed by atoms with E-state index in [2.05, 4.69) is 24.1 Å². The molecule has 0 saturated carbocycles. The molecule has 0 amide bonds. The number of benzene rings is 1. The summed E-state index contributed by atoms with van der Waals surface area (Å²) >= 11 is 0. The molecule has 4 nitrogen and oxygen atoms in total. The van der Waals surface area contributed by atoms with Gasteiger partial charge in [-0.05, 0) is 43.8 Å². The zero-order valence-corrected chi connectivity index (χ0v) is 12.8. The lowest BCUT2D eigenvalue weighted by Crippen LogP contribution is -2.43. The molecule has 1 aromatic carbocycles. The van der Waals surface area contributed by atoms with E-state index in [1.165, 1.54) is 5.56 Å². The van der Waals surface area contributed by atoms with Crippen LogP contribution in [0.4, 0.5) is 0 Å². The number of carbonyl (C=O) groups is 1. The van der Waals surface area contributed by atoms with Gasteiger partial charge < -0.3 is 14.4 Å². The third-order valence-electron chi connectivity index (χ3n) is 4.89. The van der Waals surface area contributed by atoms with Gasteiger partial charge in [0.05, 0.1) is 14.2 Å². The van der Waals surface area contributed by atoms with Crippen molar-refractivity contribution in [3.8, 4) is 11.5 Å². The van der Waals surface area contributed by atoms with E-state index in [9.17, 15) is 4.79 Å². The molecule has 0 bridgehead atoms. The van der Waals surface area contributed by atoms with Gasteiger partial charge in [-0.3, -0.25) is 4.79 Å². The Morgan fingerprint density at radius 1 is 1.24 bits per heavy atom. The molecule has 1 fully saturated rings. The summed E-state index contributed by atoms with van der Waals surface area (Å²) in [4.78, 5) is 14.1. The molecule has 2 aliphatic rings. The monoisotopic (exact) mass is 287 g/mol. The highest BCUT2D eigenvalue weighted by molar-refractivity contribution is 5.92. The fourth-order valence-corrected chi connectivity index (χ4v) is 3.67. The van der Waals surface area contributed by atoms with Gasteiger partial charge in [0.15, 0.2) is 17.3 Å². The van der Waals surface area contributed by atoms with E-state index in [0.717, 1.165) is 24.5 Å². The minimum absolute atomic E-state index is 0.0950. The summed E-state index contributed by atoms with van der Waals surface area (Å²) < 4.78 is 10.7. The van der Waals surface area contributed by atoms with Crippen LogP contribution < -0.4 is 9.47 Å². The maximum Gasteiger partial charge on any atom is 0.161 e. The Bertz CT molecular complexity index is 596. The number of rotatable bonds is 3. The number of ketones is 1. The normalized spacial score (nSPS) is 28.5. The summed E-state index contributed by atoms with van der Waals surface area (Å²) in [5.74, 6) is 1.68. The molecule has 0 aromatic heterocycles. The molecule has 4 heteroatoms. The fraction of sp³-hybridized carbons (Fsp3) is 0.471. The Hall–Kier alpha value is -1.81. The summed E-state index contributed by atoms with van der Waals surface area (Å²) in [6.07, 6.45) is 5.44. The minimum atomic E-state index is -0.0950. The van der Waals surface area contributed by atoms with Crippen molar-refractivity contribution in [3.05, 3.63) is 35.9 Å². The largest absolute Gasteiger partial charge is 0.493 e. The van der Waals surface area contributed by atoms with Gasteiger partial charge in [-0.25, -0.2) is 0 Å². The van der Waals surface area contributed by atoms with Gasteiger partial charge in [0.2, 0.25) is 0 Å². The van der Waals surface area contributed by atoms with Crippen molar-refractivity contribution in [3.63, 3.8) is 0 Å². The summed E-state index contributed by atoms with van der Waals surface area (Å²) in [5, 5.41) is 0. The molecular weight excluding hydrogens is 266 g/mol. The molecule has 1 aliphatic heterocycles. The molecule has 0 radical (unpaired) electrons. The van der Waals surface area contributed by atoms with Crippen LogP contribution in [0.15, 0.2) is 30.4 Å². The van der Waals surface area contributed by atoms with Crippen LogP contribution in [0, 0.1) is 0 Å². The van der Waals surface area contributed by atoms with Crippen molar-refractivity contribution in [2.24, 2.45) is 0 Å². The molecule has 0 N–H and O–H groups in total. The van der Waals surface area contributed by atoms with Crippen molar-refractivity contribution < 1.29 is 14.3 Å². The molecular formula is C17H21NO3. The number of carbonyl (C=O) groups excluding carboxylic acids is 1. The maximum atomic E-state index is 11.8. The van der Waals surface area contributed by atoms with E-state index in [1.54, 1.807) is 20.3 Å². The summed E-state index contributed by atoms with van der Waals surface area (Å²) in [6.45, 7) is 0.997. The number of ether oxygens (including phenoxy) is 2. The summed E-state index contributed by atoms with van der Waals surface area (Å²) in [5.41, 5.74) is 1.10. The van der Waals surface area contributed by atoms with Gasteiger partial charge >= 0.3 is 0 Å². The minimum Gasteiger partial charge on any atom is -0.493 e. The lowest BCUT2D eigenvalue weighted by atomic mass is 9.69. The van der Waals surface area contributed by atoms with Gasteiger partial charge in [-0.1, -0.05) is 12.1 Å². The first-order valence-electron chi connectivity index (χ1n) is 7.25. The van der Waals surface area contributed by atoms with Crippen LogP contribution >= 0.6 is 0 Å². The number of allylic oxidation sites excluding steroid dienone is 1. The Kier molecular flexibility index (Phi) is 3.49. The zero-order valence-electron chi connectivity index (χ0n) is 12.8. The smallest absolute Gasteiger partial charge is 0.161 e. The predicted octanol–water partition coefficient (Wildman–Crippen LogP) is 2.17. The second-order valence-corrected chi connectivity index (χ2v) is 5.86. The van der Waals surface area contributed by atoms with Crippen molar-refractivity contribution in [2.75, 3.05) is 27.8 Å². The van der Waals surface area contributed by atoms with Gasteiger partial charge in [-0.15, -0.1) is 0 Å². The highest BCUT2D eigenvalue weighted by Crippen LogP contribution is 2.46. The van der Waals surface area contributed by atoms with Gasteiger partial charge in [-0.2, -0.15) is 0 Å². The summed E-state index contributed by atoms with van der Waals surface area (Å²) in [7, 11) is 5.39. The molecule has 1 saturated heterocycles. The van der Waals surface area contributed by atoms with E-state index in [0.29, 0.717) is 6.42 Å². The molecule has 112 valence electrons. The fourth-order valence-electron chi connectivity index (χ4n) is 3.67. The maximum absolute atomic E-state index is 11.8. The topological polar surface area (TPSA) is 38.8 Å². The van der Waals surface area contributed by atoms with Crippen LogP contribution in [0.25, 0.3) is 0 Å². The number of methoxy groups -OCH3 is 2. The SMILES string of the molecule is COc1ccc([C@]23C=CC(=O)C[C@@H]2N(C)CC3)cc1OC. The van der Waals surface area contributed by atoms with Crippen LogP contribution in [-0.4, -0.2) is 44.5 Å². The van der Waals surface area contributed by atoms with E-state index < -0.39 is 0 Å². The van der Waals surface area contributed by atoms with Crippen LogP contribution in [0.3, 0.4) is 0 Å². The highest BCUT2D eigenvalue weighted by atomic mass is 16.5. The second-order valence-electron chi connectivity index (χ2n) is 5.86. The third kappa shape index (κ3) is 2.14. The van der Waals surface area contributed by atoms with Gasteiger partial charge in [0, 0.05) is 17.9 Å². The molecule has 0 unspecified atom stereocenters. The van der Waals surface area contributed by atoms with E-state index in [1.807, 2.05) is 12.1 Å². The molecule has 3 rings (SSSR count). The van der Waals surface area contributed by atoms with E-state index in [-0.39, 0.29) is 17.2 Å². The van der Waals surface area contributed by atoms with Gasteiger partial charge in [0.1, 0.15) is 0 Å². The van der Waals surface area contributed by atoms with Crippen LogP contribution in [0.1, 0.15) is 18.4 Å². The number of likely N-dealkylation sites (tertiary alicyclic amines) is 1. The quantitative estimate of drug-likeness (QED) is 0.854. The lowest BCUT2D eigenvalue weighted by Gasteiger charge is -2.37. The molecule has 1 heterocycles. The number of nitrogens with zero attached hydrogens (tertiary/aromatic N) is 1. The van der Waals surface area contributed by atoms with Crippen molar-refractivity contribution in [1.29, 1.82) is 0 Å². The highest BCUT2D eigenvalue weighted by Gasteiger charge is 2.48. The molecule has 2 atom stereocenters. The molecule has 1 aromatic rings. The average molecular weight is 287 g/mol. The first kappa shape index (κ1) is 14.1. The third-order valence-corrected chi connectivity index (χ3v) is 4.89. The van der Waals surface area contributed by atoms with Crippen molar-refractivity contribution in [2.45, 2.75) is 24.3 Å². The Morgan fingerprint density at radius 3 is 2.71 bits per heavy atom. The predicted molar refractivity (Wildman–Crippen MR) is 81.0 cm³/mol. The van der Waals surface area contributed by atoms with Crippen LogP contribution in [-0.2, 0) is 10.2 Å². The van der Waals surface area contributed by atoms with Crippen molar-refractivity contribution in [1.82, 2.24) is 4.90 Å². The first-order chi connectivity index (χ1) is 10.1. The molecule has 0 spiro atoms. The van der Waals surface area contributed by atoms with E-state index >= 15 is 0 Å². The van der Waals surface area contributed by atoms with Crippen molar-refractivity contribution >= 4 is 5.78 Å². The Labute approximate surface area is 125 Å². The Balaban J connectivity index is 2.09. The average Bonchev–Trinajstić information content (AvgIpc) is 2.85.